The molecule has 0 aromatic carbocycles. The quantitative estimate of drug-likeness (QED) is 0.713. The molecule has 2 heterocycles. The maximum absolute atomic E-state index is 12.5. The molecule has 0 radical (unpaired) electrons. The van der Waals surface area contributed by atoms with Crippen molar-refractivity contribution in [3.05, 3.63) is 35.7 Å². The van der Waals surface area contributed by atoms with Crippen LogP contribution < -0.4 is 15.8 Å². The first-order valence-electron chi connectivity index (χ1n) is 8.23. The van der Waals surface area contributed by atoms with Crippen LogP contribution in [0.25, 0.3) is 0 Å². The number of aliphatic hydroxyl groups is 1. The lowest BCUT2D eigenvalue weighted by atomic mass is 9.75. The van der Waals surface area contributed by atoms with E-state index in [0.717, 1.165) is 11.3 Å². The summed E-state index contributed by atoms with van der Waals surface area (Å²) >= 11 is 0. The van der Waals surface area contributed by atoms with Crippen LogP contribution in [0.15, 0.2) is 24.4 Å². The van der Waals surface area contributed by atoms with E-state index in [1.165, 1.54) is 4.68 Å². The summed E-state index contributed by atoms with van der Waals surface area (Å²) in [4.78, 5) is 16.7. The van der Waals surface area contributed by atoms with Gasteiger partial charge in [-0.05, 0) is 31.2 Å². The van der Waals surface area contributed by atoms with Gasteiger partial charge in [-0.25, -0.2) is 9.67 Å². The number of aryl methyl sites for hydroxylation is 1. The second kappa shape index (κ2) is 7.10. The lowest BCUT2D eigenvalue weighted by Gasteiger charge is -2.38. The van der Waals surface area contributed by atoms with E-state index < -0.39 is 0 Å². The third-order valence-electron chi connectivity index (χ3n) is 4.49. The molecule has 0 saturated heterocycles. The maximum atomic E-state index is 12.5. The van der Waals surface area contributed by atoms with Gasteiger partial charge in [0.25, 0.3) is 0 Å². The summed E-state index contributed by atoms with van der Waals surface area (Å²) in [5.74, 6) is 0.958. The molecule has 4 N–H and O–H groups in total. The van der Waals surface area contributed by atoms with Crippen LogP contribution in [-0.2, 0) is 11.3 Å². The Kier molecular flexibility index (Phi) is 4.89. The number of methoxy groups -OCH3 is 1. The highest BCUT2D eigenvalue weighted by atomic mass is 16.5. The summed E-state index contributed by atoms with van der Waals surface area (Å²) in [5.41, 5.74) is 7.49. The Morgan fingerprint density at radius 2 is 2.28 bits per heavy atom. The molecule has 8 heteroatoms. The number of pyridine rings is 1. The van der Waals surface area contributed by atoms with Crippen LogP contribution in [0.1, 0.15) is 30.1 Å². The van der Waals surface area contributed by atoms with Crippen LogP contribution in [0.3, 0.4) is 0 Å². The zero-order valence-corrected chi connectivity index (χ0v) is 14.3. The molecule has 1 atom stereocenters. The Hall–Kier alpha value is -2.61. The van der Waals surface area contributed by atoms with Gasteiger partial charge in [-0.3, -0.25) is 4.79 Å². The van der Waals surface area contributed by atoms with Gasteiger partial charge in [0.15, 0.2) is 0 Å². The lowest BCUT2D eigenvalue weighted by Crippen LogP contribution is -2.42. The third-order valence-corrected chi connectivity index (χ3v) is 4.49. The molecule has 3 rings (SSSR count). The average Bonchev–Trinajstić information content (AvgIpc) is 2.87. The van der Waals surface area contributed by atoms with Gasteiger partial charge in [0.05, 0.1) is 24.9 Å². The fourth-order valence-corrected chi connectivity index (χ4v) is 3.12. The summed E-state index contributed by atoms with van der Waals surface area (Å²) in [6.07, 6.45) is 2.70. The highest BCUT2D eigenvalue weighted by Crippen LogP contribution is 2.38. The van der Waals surface area contributed by atoms with Gasteiger partial charge in [0, 0.05) is 18.3 Å². The van der Waals surface area contributed by atoms with Crippen LogP contribution in [0, 0.1) is 12.8 Å². The van der Waals surface area contributed by atoms with E-state index in [1.54, 1.807) is 25.4 Å². The van der Waals surface area contributed by atoms with Crippen LogP contribution in [0.5, 0.6) is 5.88 Å². The topological polar surface area (TPSA) is 115 Å². The summed E-state index contributed by atoms with van der Waals surface area (Å²) < 4.78 is 6.55. The van der Waals surface area contributed by atoms with Crippen molar-refractivity contribution < 1.29 is 14.6 Å². The highest BCUT2D eigenvalue weighted by molar-refractivity contribution is 5.76. The van der Waals surface area contributed by atoms with Gasteiger partial charge in [-0.1, -0.05) is 6.07 Å². The standard InChI is InChI=1S/C17H23N5O3/c1-10-5-14(18)22(21-10)9-15(24)20-17(12-6-13(23)7-12)11-3-4-16(25-2)19-8-11/h3-5,8,12-13,17,23H,6-7,9,18H2,1-2H3,(H,20,24). The average molecular weight is 345 g/mol. The van der Waals surface area contributed by atoms with Crippen molar-refractivity contribution in [3.63, 3.8) is 0 Å². The molecular weight excluding hydrogens is 322 g/mol. The summed E-state index contributed by atoms with van der Waals surface area (Å²) in [5, 5.41) is 16.9. The van der Waals surface area contributed by atoms with Crippen molar-refractivity contribution in [3.8, 4) is 5.88 Å². The van der Waals surface area contributed by atoms with Gasteiger partial charge < -0.3 is 20.9 Å². The van der Waals surface area contributed by atoms with E-state index in [9.17, 15) is 9.90 Å². The number of aromatic nitrogens is 3. The monoisotopic (exact) mass is 345 g/mol. The number of nitrogens with zero attached hydrogens (tertiary/aromatic N) is 3. The van der Waals surface area contributed by atoms with Crippen LogP contribution in [-0.4, -0.2) is 39.0 Å². The van der Waals surface area contributed by atoms with Crippen molar-refractivity contribution in [1.29, 1.82) is 0 Å². The molecule has 1 aliphatic rings. The van der Waals surface area contributed by atoms with Crippen molar-refractivity contribution in [2.24, 2.45) is 5.92 Å². The Bertz CT molecular complexity index is 737. The number of nitrogen functional groups attached to an aromatic ring is 1. The van der Waals surface area contributed by atoms with Crippen molar-refractivity contribution in [2.45, 2.75) is 38.5 Å². The molecule has 1 amide bonds. The second-order valence-corrected chi connectivity index (χ2v) is 6.43. The number of hydrogen-bond acceptors (Lipinski definition) is 6. The van der Waals surface area contributed by atoms with Gasteiger partial charge in [-0.15, -0.1) is 0 Å². The number of ether oxygens (including phenoxy) is 1. The first-order valence-corrected chi connectivity index (χ1v) is 8.23. The van der Waals surface area contributed by atoms with Crippen LogP contribution in [0.4, 0.5) is 5.82 Å². The van der Waals surface area contributed by atoms with Gasteiger partial charge in [-0.2, -0.15) is 5.10 Å². The lowest BCUT2D eigenvalue weighted by molar-refractivity contribution is -0.123. The third kappa shape index (κ3) is 3.90. The van der Waals surface area contributed by atoms with Gasteiger partial charge >= 0.3 is 0 Å². The van der Waals surface area contributed by atoms with E-state index in [2.05, 4.69) is 15.4 Å². The number of nitrogens with one attached hydrogen (secondary N) is 1. The molecule has 0 aliphatic heterocycles. The van der Waals surface area contributed by atoms with E-state index in [-0.39, 0.29) is 30.5 Å². The molecule has 2 aromatic heterocycles. The molecule has 1 fully saturated rings. The fourth-order valence-electron chi connectivity index (χ4n) is 3.12. The number of carbonyl (C=O) groups is 1. The van der Waals surface area contributed by atoms with Gasteiger partial charge in [0.2, 0.25) is 11.8 Å². The summed E-state index contributed by atoms with van der Waals surface area (Å²) in [6.45, 7) is 1.88. The van der Waals surface area contributed by atoms with Crippen molar-refractivity contribution >= 4 is 11.7 Å². The molecule has 134 valence electrons. The van der Waals surface area contributed by atoms with E-state index in [4.69, 9.17) is 10.5 Å². The minimum absolute atomic E-state index is 0.0506. The smallest absolute Gasteiger partial charge is 0.242 e. The number of rotatable bonds is 6. The number of nitrogens with two attached hydrogens (primary N) is 1. The largest absolute Gasteiger partial charge is 0.481 e. The molecule has 2 aromatic rings. The number of hydrogen-bond donors (Lipinski definition) is 3. The van der Waals surface area contributed by atoms with Crippen LogP contribution >= 0.6 is 0 Å². The molecular formula is C17H23N5O3. The first-order chi connectivity index (χ1) is 12.0. The molecule has 8 nitrogen and oxygen atoms in total. The Morgan fingerprint density at radius 1 is 1.52 bits per heavy atom. The van der Waals surface area contributed by atoms with Crippen LogP contribution in [0.2, 0.25) is 0 Å². The predicted octanol–water partition coefficient (Wildman–Crippen LogP) is 0.806. The minimum Gasteiger partial charge on any atom is -0.481 e. The van der Waals surface area contributed by atoms with Crippen molar-refractivity contribution in [1.82, 2.24) is 20.1 Å². The molecule has 1 saturated carbocycles. The van der Waals surface area contributed by atoms with E-state index in [1.807, 2.05) is 13.0 Å². The number of carbonyl (C=O) groups excluding carboxylic acids is 1. The second-order valence-electron chi connectivity index (χ2n) is 6.43. The SMILES string of the molecule is COc1ccc(C(NC(=O)Cn2nc(C)cc2N)C2CC(O)C2)cn1. The molecule has 1 unspecified atom stereocenters. The molecule has 1 aliphatic carbocycles. The molecule has 0 spiro atoms. The Labute approximate surface area is 146 Å². The number of amides is 1. The van der Waals surface area contributed by atoms with E-state index >= 15 is 0 Å². The maximum Gasteiger partial charge on any atom is 0.242 e. The zero-order chi connectivity index (χ0) is 18.0. The van der Waals surface area contributed by atoms with Crippen molar-refractivity contribution in [2.75, 3.05) is 12.8 Å². The molecule has 0 bridgehead atoms. The fraction of sp³-hybridized carbons (Fsp3) is 0.471. The Morgan fingerprint density at radius 3 is 2.80 bits per heavy atom. The zero-order valence-electron chi connectivity index (χ0n) is 14.3. The molecule has 25 heavy (non-hydrogen) atoms. The minimum atomic E-state index is -0.306. The summed E-state index contributed by atoms with van der Waals surface area (Å²) in [6, 6.07) is 5.15. The van der Waals surface area contributed by atoms with Gasteiger partial charge in [0.1, 0.15) is 12.4 Å². The predicted molar refractivity (Wildman–Crippen MR) is 91.8 cm³/mol. The first kappa shape index (κ1) is 17.2. The normalized spacial score (nSPS) is 20.6. The Balaban J connectivity index is 1.72. The summed E-state index contributed by atoms with van der Waals surface area (Å²) in [7, 11) is 1.56. The number of aliphatic hydroxyl groups excluding tert-OH is 1. The van der Waals surface area contributed by atoms with E-state index in [0.29, 0.717) is 24.5 Å². The number of anilines is 1. The highest BCUT2D eigenvalue weighted by Gasteiger charge is 2.35.